The number of nitrogens with two attached hydrogens (primary N) is 4. The van der Waals surface area contributed by atoms with Gasteiger partial charge in [-0.15, -0.1) is 0 Å². The van der Waals surface area contributed by atoms with E-state index in [9.17, 15) is 72.9 Å². The molecule has 2 aliphatic rings. The molecule has 0 spiro atoms. The Morgan fingerprint density at radius 3 is 1.68 bits per heavy atom. The molecule has 2 fully saturated rings. The highest BCUT2D eigenvalue weighted by Crippen LogP contribution is 2.23. The Hall–Kier alpha value is -9.19. The maximum absolute atomic E-state index is 14.4. The fourth-order valence-electron chi connectivity index (χ4n) is 9.63. The van der Waals surface area contributed by atoms with E-state index in [1.165, 1.54) is 0 Å². The number of fused-ring (bicyclic) bond motifs is 1. The zero-order chi connectivity index (χ0) is 60.2. The lowest BCUT2D eigenvalue weighted by Crippen LogP contribution is -2.60. The minimum absolute atomic E-state index is 0.00425. The molecular formula is C52H71N15O15. The largest absolute Gasteiger partial charge is 0.481 e. The lowest BCUT2D eigenvalue weighted by Gasteiger charge is -2.31. The average Bonchev–Trinajstić information content (AvgIpc) is 4.28. The van der Waals surface area contributed by atoms with Gasteiger partial charge in [-0.25, -0.2) is 4.79 Å². The van der Waals surface area contributed by atoms with Gasteiger partial charge in [-0.2, -0.15) is 0 Å². The summed E-state index contributed by atoms with van der Waals surface area (Å²) < 4.78 is 0. The molecule has 1 aromatic heterocycles. The third kappa shape index (κ3) is 18.4. The summed E-state index contributed by atoms with van der Waals surface area (Å²) in [5.41, 5.74) is 23.9. The van der Waals surface area contributed by atoms with Gasteiger partial charge in [-0.3, -0.25) is 58.1 Å². The van der Waals surface area contributed by atoms with Crippen LogP contribution < -0.4 is 60.2 Å². The predicted octanol–water partition coefficient (Wildman–Crippen LogP) is -4.87. The monoisotopic (exact) mass is 1150 g/mol. The summed E-state index contributed by atoms with van der Waals surface area (Å²) in [6, 6.07) is 1.72. The molecule has 3 heterocycles. The van der Waals surface area contributed by atoms with Crippen molar-refractivity contribution in [3.8, 4) is 0 Å². The van der Waals surface area contributed by atoms with Crippen molar-refractivity contribution in [2.24, 2.45) is 22.9 Å². The molecule has 20 N–H and O–H groups in total. The van der Waals surface area contributed by atoms with Crippen molar-refractivity contribution in [1.82, 2.24) is 52.0 Å². The molecule has 0 aliphatic carbocycles. The second-order valence-corrected chi connectivity index (χ2v) is 19.9. The second-order valence-electron chi connectivity index (χ2n) is 19.9. The number of nitrogens with zero attached hydrogens (tertiary/aromatic N) is 2. The molecule has 30 nitrogen and oxygen atoms in total. The minimum atomic E-state index is -1.87. The van der Waals surface area contributed by atoms with Gasteiger partial charge in [-0.1, -0.05) is 48.5 Å². The highest BCUT2D eigenvalue weighted by atomic mass is 16.4. The van der Waals surface area contributed by atoms with E-state index in [1.807, 2.05) is 0 Å². The number of nitrogens with one attached hydrogen (secondary N) is 9. The van der Waals surface area contributed by atoms with Gasteiger partial charge >= 0.3 is 11.9 Å². The molecule has 0 saturated carbocycles. The zero-order valence-electron chi connectivity index (χ0n) is 44.7. The first-order valence-electron chi connectivity index (χ1n) is 26.4. The first-order chi connectivity index (χ1) is 39.0. The molecule has 0 bridgehead atoms. The molecule has 30 heteroatoms. The quantitative estimate of drug-likeness (QED) is 0.0163. The Bertz CT molecular complexity index is 2850. The Kier molecular flexibility index (Phi) is 23.6. The highest BCUT2D eigenvalue weighted by molar-refractivity contribution is 6.00. The number of rotatable bonds is 31. The van der Waals surface area contributed by atoms with E-state index in [-0.39, 0.29) is 77.4 Å². The van der Waals surface area contributed by atoms with Crippen LogP contribution in [0.3, 0.4) is 0 Å². The summed E-state index contributed by atoms with van der Waals surface area (Å²) in [4.78, 5) is 166. The van der Waals surface area contributed by atoms with E-state index in [0.29, 0.717) is 22.0 Å². The number of H-pyrrole nitrogens is 1. The van der Waals surface area contributed by atoms with Gasteiger partial charge in [-0.05, 0) is 62.1 Å². The summed E-state index contributed by atoms with van der Waals surface area (Å²) >= 11 is 0. The van der Waals surface area contributed by atoms with E-state index >= 15 is 0 Å². The number of aliphatic hydroxyl groups is 1. The zero-order valence-corrected chi connectivity index (χ0v) is 44.7. The van der Waals surface area contributed by atoms with Crippen LogP contribution in [-0.2, 0) is 70.4 Å². The van der Waals surface area contributed by atoms with Crippen molar-refractivity contribution in [2.45, 2.75) is 131 Å². The second kappa shape index (κ2) is 30.4. The standard InChI is InChI=1S/C52H71N15O15/c53-30(26-68)43(73)62-34(22-28-25-59-31-12-5-4-11-29(28)31)46(76)63-35(23-41(55)70)49(79)66-19-7-14-38(66)47(77)60-32(13-6-18-58-52(56)57)44(74)64-36(24-42(71)72)50(80)67-20-8-15-39(67)48(78)61-33(16-17-40(54)69)45(75)65-37(51(81)82)21-27-9-2-1-3-10-27/h1-5,9-12,25,30,32-39,59,68H,6-8,13-24,26,53H2,(H2,54,69)(H2,55,70)(H,60,77)(H,61,78)(H,62,73)(H,63,76)(H,64,74)(H,65,75)(H,71,72)(H,81,82)(H4,56,57,58)/t30-,32-,33-,34-,35-,36-,37-,38-,39-/m0/s1. The Balaban J connectivity index is 1.33. The number of aliphatic hydroxyl groups excluding tert-OH is 1. The van der Waals surface area contributed by atoms with Crippen molar-refractivity contribution in [2.75, 3.05) is 26.2 Å². The molecule has 0 unspecified atom stereocenters. The van der Waals surface area contributed by atoms with Crippen molar-refractivity contribution in [3.05, 3.63) is 71.9 Å². The van der Waals surface area contributed by atoms with E-state index < -0.39 is 157 Å². The van der Waals surface area contributed by atoms with Gasteiger partial charge in [0, 0.05) is 56.0 Å². The molecule has 0 radical (unpaired) electrons. The third-order valence-corrected chi connectivity index (χ3v) is 13.8. The molecule has 3 aromatic rings. The maximum atomic E-state index is 14.4. The first-order valence-corrected chi connectivity index (χ1v) is 26.4. The molecule has 10 amide bonds. The van der Waals surface area contributed by atoms with Crippen LogP contribution in [0.5, 0.6) is 0 Å². The van der Waals surface area contributed by atoms with E-state index in [2.05, 4.69) is 42.2 Å². The highest BCUT2D eigenvalue weighted by Gasteiger charge is 2.43. The maximum Gasteiger partial charge on any atom is 0.326 e. The summed E-state index contributed by atoms with van der Waals surface area (Å²) in [7, 11) is 0. The predicted molar refractivity (Wildman–Crippen MR) is 290 cm³/mol. The SMILES string of the molecule is N=C(N)NCCC[C@H](NC(=O)[C@@H]1CCCN1C(=O)[C@H](CC(N)=O)NC(=O)[C@H](Cc1c[nH]c2ccccc12)NC(=O)[C@@H](N)CO)C(=O)N[C@@H](CC(=O)O)C(=O)N1CCC[C@H]1C(=O)N[C@@H](CCC(N)=O)C(=O)N[C@@H](Cc1ccccc1)C(=O)O. The Morgan fingerprint density at radius 1 is 0.622 bits per heavy atom. The molecule has 2 saturated heterocycles. The van der Waals surface area contributed by atoms with Crippen LogP contribution in [0.2, 0.25) is 0 Å². The number of primary amides is 2. The van der Waals surface area contributed by atoms with Crippen LogP contribution in [0.15, 0.2) is 60.8 Å². The number of aromatic nitrogens is 1. The van der Waals surface area contributed by atoms with Gasteiger partial charge in [0.1, 0.15) is 54.4 Å². The molecule has 2 aromatic carbocycles. The van der Waals surface area contributed by atoms with E-state index in [1.54, 1.807) is 60.8 Å². The summed E-state index contributed by atoms with van der Waals surface area (Å²) in [6.45, 7) is -0.988. The lowest BCUT2D eigenvalue weighted by atomic mass is 10.0. The van der Waals surface area contributed by atoms with E-state index in [4.69, 9.17) is 28.3 Å². The Morgan fingerprint density at radius 2 is 1.15 bits per heavy atom. The van der Waals surface area contributed by atoms with Crippen LogP contribution in [0.25, 0.3) is 10.9 Å². The first kappa shape index (κ1) is 63.6. The van der Waals surface area contributed by atoms with Gasteiger partial charge in [0.05, 0.1) is 19.4 Å². The number of guanidine groups is 1. The number of hydrogen-bond donors (Lipinski definition) is 16. The number of likely N-dealkylation sites (tertiary alicyclic amines) is 2. The van der Waals surface area contributed by atoms with Crippen molar-refractivity contribution in [1.29, 1.82) is 5.41 Å². The number of carboxylic acids is 2. The van der Waals surface area contributed by atoms with E-state index in [0.717, 1.165) is 9.80 Å². The molecule has 2 aliphatic heterocycles. The molecular weight excluding hydrogens is 1070 g/mol. The smallest absolute Gasteiger partial charge is 0.326 e. The van der Waals surface area contributed by atoms with Crippen molar-refractivity contribution in [3.63, 3.8) is 0 Å². The number of amides is 10. The van der Waals surface area contributed by atoms with Crippen LogP contribution in [0, 0.1) is 5.41 Å². The molecule has 9 atom stereocenters. The number of carbonyl (C=O) groups excluding carboxylic acids is 10. The summed E-state index contributed by atoms with van der Waals surface area (Å²) in [5.74, 6) is -13.0. The number of aliphatic carboxylic acids is 2. The Labute approximate surface area is 469 Å². The topological polar surface area (TPSA) is 500 Å². The van der Waals surface area contributed by atoms with Crippen molar-refractivity contribution >= 4 is 87.9 Å². The van der Waals surface area contributed by atoms with Gasteiger partial charge in [0.25, 0.3) is 0 Å². The van der Waals surface area contributed by atoms with Crippen molar-refractivity contribution < 1.29 is 72.9 Å². The number of para-hydroxylation sites is 1. The number of carboxylic acid groups (broad SMARTS) is 2. The van der Waals surface area contributed by atoms with Crippen LogP contribution in [0.4, 0.5) is 0 Å². The number of hydrogen-bond acceptors (Lipinski definition) is 15. The van der Waals surface area contributed by atoms with Crippen LogP contribution in [-0.4, -0.2) is 188 Å². The van der Waals surface area contributed by atoms with Crippen LogP contribution in [0.1, 0.15) is 75.3 Å². The lowest BCUT2D eigenvalue weighted by molar-refractivity contribution is -0.146. The van der Waals surface area contributed by atoms with Crippen LogP contribution >= 0.6 is 0 Å². The third-order valence-electron chi connectivity index (χ3n) is 13.8. The van der Waals surface area contributed by atoms with Gasteiger partial charge in [0.2, 0.25) is 59.1 Å². The summed E-state index contributed by atoms with van der Waals surface area (Å²) in [6.07, 6.45) is -1.05. The van der Waals surface area contributed by atoms with Gasteiger partial charge < -0.3 is 90.3 Å². The average molecular weight is 1150 g/mol. The van der Waals surface area contributed by atoms with Gasteiger partial charge in [0.15, 0.2) is 5.96 Å². The fraction of sp³-hybridized carbons (Fsp3) is 0.481. The number of benzene rings is 2. The molecule has 444 valence electrons. The molecule has 5 rings (SSSR count). The minimum Gasteiger partial charge on any atom is -0.481 e. The number of aromatic amines is 1. The molecule has 82 heavy (non-hydrogen) atoms. The number of carbonyl (C=O) groups is 12. The fourth-order valence-corrected chi connectivity index (χ4v) is 9.63. The summed E-state index contributed by atoms with van der Waals surface area (Å²) in [5, 5.41) is 55.0. The normalized spacial score (nSPS) is 17.3.